The maximum absolute atomic E-state index is 12.7. The summed E-state index contributed by atoms with van der Waals surface area (Å²) in [6, 6.07) is 11.1. The molecule has 1 atom stereocenters. The van der Waals surface area contributed by atoms with Crippen LogP contribution in [0.15, 0.2) is 48.9 Å². The molecule has 0 aliphatic carbocycles. The molecule has 4 rings (SSSR count). The second-order valence-corrected chi connectivity index (χ2v) is 7.17. The minimum absolute atomic E-state index is 0.0870. The number of pyridine rings is 1. The van der Waals surface area contributed by atoms with Crippen molar-refractivity contribution >= 4 is 28.9 Å². The van der Waals surface area contributed by atoms with Crippen LogP contribution in [0.4, 0.5) is 5.82 Å². The number of hydrogen-bond donors (Lipinski definition) is 1. The van der Waals surface area contributed by atoms with Crippen LogP contribution in [0.25, 0.3) is 0 Å². The van der Waals surface area contributed by atoms with Crippen LogP contribution in [0.3, 0.4) is 0 Å². The maximum Gasteiger partial charge on any atom is 0.291 e. The van der Waals surface area contributed by atoms with Gasteiger partial charge in [-0.05, 0) is 30.2 Å². The quantitative estimate of drug-likeness (QED) is 0.661. The molecule has 29 heavy (non-hydrogen) atoms. The van der Waals surface area contributed by atoms with E-state index in [4.69, 9.17) is 17.0 Å². The molecule has 1 aromatic carbocycles. The Morgan fingerprint density at radius 3 is 2.93 bits per heavy atom. The van der Waals surface area contributed by atoms with E-state index in [1.54, 1.807) is 35.2 Å². The molecule has 9 heteroatoms. The van der Waals surface area contributed by atoms with Crippen molar-refractivity contribution in [3.05, 3.63) is 65.9 Å². The Morgan fingerprint density at radius 2 is 2.10 bits per heavy atom. The number of nitrogens with zero attached hydrogens (tertiary/aromatic N) is 5. The van der Waals surface area contributed by atoms with Crippen LogP contribution in [0.5, 0.6) is 5.75 Å². The van der Waals surface area contributed by atoms with Gasteiger partial charge in [0.1, 0.15) is 24.0 Å². The molecule has 1 aliphatic rings. The predicted molar refractivity (Wildman–Crippen MR) is 112 cm³/mol. The highest BCUT2D eigenvalue weighted by Gasteiger charge is 2.29. The zero-order chi connectivity index (χ0) is 20.4. The Hall–Kier alpha value is -3.33. The molecular weight excluding hydrogens is 388 g/mol. The number of aryl methyl sites for hydroxylation is 1. The number of ether oxygens (including phenoxy) is 1. The molecule has 0 bridgehead atoms. The Morgan fingerprint density at radius 1 is 1.28 bits per heavy atom. The first-order valence-corrected chi connectivity index (χ1v) is 9.54. The smallest absolute Gasteiger partial charge is 0.291 e. The van der Waals surface area contributed by atoms with E-state index in [2.05, 4.69) is 20.4 Å². The predicted octanol–water partition coefficient (Wildman–Crippen LogP) is 1.98. The summed E-state index contributed by atoms with van der Waals surface area (Å²) in [5, 5.41) is 7.17. The Labute approximate surface area is 173 Å². The lowest BCUT2D eigenvalue weighted by molar-refractivity contribution is 0.0927. The van der Waals surface area contributed by atoms with Gasteiger partial charge in [0, 0.05) is 13.2 Å². The van der Waals surface area contributed by atoms with Crippen LogP contribution >= 0.6 is 12.2 Å². The Balaban J connectivity index is 1.45. The largest absolute Gasteiger partial charge is 0.487 e. The highest BCUT2D eigenvalue weighted by Crippen LogP contribution is 2.27. The number of rotatable bonds is 4. The lowest BCUT2D eigenvalue weighted by Crippen LogP contribution is -2.48. The van der Waals surface area contributed by atoms with Gasteiger partial charge in [-0.1, -0.05) is 36.5 Å². The number of carbonyl (C=O) groups is 1. The Kier molecular flexibility index (Phi) is 5.22. The molecule has 1 aliphatic heterocycles. The van der Waals surface area contributed by atoms with Crippen molar-refractivity contribution in [2.24, 2.45) is 0 Å². The SMILES string of the molecule is Cc1ccccc1Cn1cnc(C(=O)N[C@H]2COc3cccnc3N(C)C2=S)n1. The average molecular weight is 408 g/mol. The third-order valence-electron chi connectivity index (χ3n) is 4.74. The zero-order valence-corrected chi connectivity index (χ0v) is 16.9. The molecule has 1 amide bonds. The summed E-state index contributed by atoms with van der Waals surface area (Å²) in [6.07, 6.45) is 3.22. The second kappa shape index (κ2) is 7.96. The van der Waals surface area contributed by atoms with Crippen LogP contribution in [0, 0.1) is 6.92 Å². The lowest BCUT2D eigenvalue weighted by Gasteiger charge is -2.22. The summed E-state index contributed by atoms with van der Waals surface area (Å²) in [6.45, 7) is 2.79. The molecule has 0 saturated heterocycles. The first kappa shape index (κ1) is 19.0. The molecule has 0 fully saturated rings. The van der Waals surface area contributed by atoms with Crippen molar-refractivity contribution in [1.82, 2.24) is 25.1 Å². The maximum atomic E-state index is 12.7. The van der Waals surface area contributed by atoms with Gasteiger partial charge in [0.25, 0.3) is 5.91 Å². The van der Waals surface area contributed by atoms with E-state index < -0.39 is 11.9 Å². The van der Waals surface area contributed by atoms with Gasteiger partial charge in [0.15, 0.2) is 11.6 Å². The van der Waals surface area contributed by atoms with E-state index in [9.17, 15) is 4.79 Å². The molecule has 0 spiro atoms. The van der Waals surface area contributed by atoms with Gasteiger partial charge < -0.3 is 15.0 Å². The number of nitrogens with one attached hydrogen (secondary N) is 1. The van der Waals surface area contributed by atoms with Crippen molar-refractivity contribution in [3.63, 3.8) is 0 Å². The molecular formula is C20H20N6O2S. The number of fused-ring (bicyclic) bond motifs is 1. The van der Waals surface area contributed by atoms with E-state index in [-0.39, 0.29) is 12.4 Å². The number of benzene rings is 1. The van der Waals surface area contributed by atoms with E-state index in [1.807, 2.05) is 37.3 Å². The summed E-state index contributed by atoms with van der Waals surface area (Å²) in [5.74, 6) is 0.922. The van der Waals surface area contributed by atoms with E-state index in [1.165, 1.54) is 0 Å². The molecule has 0 radical (unpaired) electrons. The molecule has 0 saturated carbocycles. The van der Waals surface area contributed by atoms with E-state index in [0.29, 0.717) is 23.1 Å². The second-order valence-electron chi connectivity index (χ2n) is 6.75. The number of thiocarbonyl (C=S) groups is 1. The number of aromatic nitrogens is 4. The minimum atomic E-state index is -0.500. The van der Waals surface area contributed by atoms with Crippen LogP contribution in [-0.2, 0) is 6.54 Å². The van der Waals surface area contributed by atoms with Crippen molar-refractivity contribution < 1.29 is 9.53 Å². The van der Waals surface area contributed by atoms with Crippen LogP contribution in [0.2, 0.25) is 0 Å². The van der Waals surface area contributed by atoms with Gasteiger partial charge in [-0.25, -0.2) is 14.6 Å². The number of hydrogen-bond acceptors (Lipinski definition) is 6. The van der Waals surface area contributed by atoms with Crippen molar-refractivity contribution in [3.8, 4) is 5.75 Å². The molecule has 148 valence electrons. The van der Waals surface area contributed by atoms with Crippen molar-refractivity contribution in [1.29, 1.82) is 0 Å². The topological polar surface area (TPSA) is 85.2 Å². The number of anilines is 1. The van der Waals surface area contributed by atoms with Crippen molar-refractivity contribution in [2.45, 2.75) is 19.5 Å². The minimum Gasteiger partial charge on any atom is -0.487 e. The summed E-state index contributed by atoms with van der Waals surface area (Å²) in [4.78, 5) is 23.4. The van der Waals surface area contributed by atoms with Gasteiger partial charge in [-0.2, -0.15) is 0 Å². The monoisotopic (exact) mass is 408 g/mol. The third-order valence-corrected chi connectivity index (χ3v) is 5.30. The van der Waals surface area contributed by atoms with E-state index in [0.717, 1.165) is 11.1 Å². The van der Waals surface area contributed by atoms with Crippen LogP contribution < -0.4 is 15.0 Å². The number of likely N-dealkylation sites (N-methyl/N-ethyl adjacent to an activating group) is 1. The highest BCUT2D eigenvalue weighted by molar-refractivity contribution is 7.80. The fourth-order valence-electron chi connectivity index (χ4n) is 3.09. The zero-order valence-electron chi connectivity index (χ0n) is 16.1. The highest BCUT2D eigenvalue weighted by atomic mass is 32.1. The summed E-state index contributed by atoms with van der Waals surface area (Å²) >= 11 is 5.53. The standard InChI is InChI=1S/C20H20N6O2S/c1-13-6-3-4-7-14(13)10-26-12-22-17(24-26)19(27)23-15-11-28-16-8-5-9-21-18(16)25(2)20(15)29/h3-9,12,15H,10-11H2,1-2H3,(H,23,27)/t15-/m0/s1. The normalized spacial score (nSPS) is 16.0. The summed E-state index contributed by atoms with van der Waals surface area (Å²) in [7, 11) is 1.80. The molecule has 3 aromatic rings. The molecule has 1 N–H and O–H groups in total. The summed E-state index contributed by atoms with van der Waals surface area (Å²) in [5.41, 5.74) is 2.28. The molecule has 3 heterocycles. The fourth-order valence-corrected chi connectivity index (χ4v) is 3.31. The lowest BCUT2D eigenvalue weighted by atomic mass is 10.1. The Bertz CT molecular complexity index is 1070. The number of carbonyl (C=O) groups excluding carboxylic acids is 1. The summed E-state index contributed by atoms with van der Waals surface area (Å²) < 4.78 is 7.43. The third kappa shape index (κ3) is 3.95. The first-order valence-electron chi connectivity index (χ1n) is 9.13. The number of amides is 1. The van der Waals surface area contributed by atoms with Crippen LogP contribution in [0.1, 0.15) is 21.7 Å². The van der Waals surface area contributed by atoms with Gasteiger partial charge in [0.05, 0.1) is 6.54 Å². The average Bonchev–Trinajstić information content (AvgIpc) is 3.16. The molecule has 2 aromatic heterocycles. The van der Waals surface area contributed by atoms with E-state index >= 15 is 0 Å². The van der Waals surface area contributed by atoms with Gasteiger partial charge in [-0.3, -0.25) is 4.79 Å². The van der Waals surface area contributed by atoms with Gasteiger partial charge in [0.2, 0.25) is 5.82 Å². The van der Waals surface area contributed by atoms with Gasteiger partial charge in [-0.15, -0.1) is 5.10 Å². The molecule has 0 unspecified atom stereocenters. The van der Waals surface area contributed by atoms with Gasteiger partial charge >= 0.3 is 0 Å². The first-order chi connectivity index (χ1) is 14.0. The molecule has 8 nitrogen and oxygen atoms in total. The van der Waals surface area contributed by atoms with Crippen molar-refractivity contribution in [2.75, 3.05) is 18.6 Å². The fraction of sp³-hybridized carbons (Fsp3) is 0.250. The van der Waals surface area contributed by atoms with Crippen LogP contribution in [-0.4, -0.2) is 50.3 Å².